The molecule has 0 bridgehead atoms. The predicted molar refractivity (Wildman–Crippen MR) is 119 cm³/mol. The maximum absolute atomic E-state index is 10.6. The van der Waals surface area contributed by atoms with Crippen molar-refractivity contribution in [1.29, 1.82) is 0 Å². The summed E-state index contributed by atoms with van der Waals surface area (Å²) in [6.07, 6.45) is 9.32. The molecule has 0 N–H and O–H groups in total. The number of methoxy groups -OCH3 is 2. The molecule has 3 aromatic carbocycles. The molecule has 160 valence electrons. The van der Waals surface area contributed by atoms with Crippen molar-refractivity contribution in [2.24, 2.45) is 0 Å². The van der Waals surface area contributed by atoms with Gasteiger partial charge in [-0.25, -0.2) is 0 Å². The van der Waals surface area contributed by atoms with E-state index < -0.39 is 32.6 Å². The minimum Gasteiger partial charge on any atom is -0.492 e. The van der Waals surface area contributed by atoms with Crippen LogP contribution >= 0.6 is 34.8 Å². The summed E-state index contributed by atoms with van der Waals surface area (Å²) >= 11 is 15.5. The van der Waals surface area contributed by atoms with Gasteiger partial charge in [0, 0.05) is 0 Å². The molecular weight excluding hydrogens is 463 g/mol. The fourth-order valence-corrected chi connectivity index (χ4v) is 2.23. The first-order chi connectivity index (χ1) is 13.5. The normalized spacial score (nSPS) is 9.03. The quantitative estimate of drug-likeness (QED) is 0.409. The van der Waals surface area contributed by atoms with Gasteiger partial charge in [-0.2, -0.15) is 0 Å². The van der Waals surface area contributed by atoms with Gasteiger partial charge < -0.3 is 9.47 Å². The third-order valence-electron chi connectivity index (χ3n) is 3.12. The van der Waals surface area contributed by atoms with E-state index in [1.54, 1.807) is 0 Å². The molecule has 0 aliphatic heterocycles. The highest BCUT2D eigenvalue weighted by molar-refractivity contribution is 6.43. The van der Waals surface area contributed by atoms with Crippen LogP contribution in [0.1, 0.15) is 13.0 Å². The zero-order valence-electron chi connectivity index (χ0n) is 14.8. The van der Waals surface area contributed by atoms with Crippen LogP contribution < -0.4 is 42.0 Å². The zero-order chi connectivity index (χ0) is 23.0. The highest BCUT2D eigenvalue weighted by atomic mass is 35.5. The van der Waals surface area contributed by atoms with E-state index in [-0.39, 0.29) is 39.6 Å². The summed E-state index contributed by atoms with van der Waals surface area (Å²) in [6.45, 7) is 3.35. The van der Waals surface area contributed by atoms with Crippen LogP contribution in [0.4, 0.5) is 0 Å². The van der Waals surface area contributed by atoms with Gasteiger partial charge in [0.1, 0.15) is 15.1 Å². The monoisotopic (exact) mass is 476 g/mol. The fraction of sp³-hybridized carbons (Fsp3) is 0.158. The molecule has 0 aromatic heterocycles. The molecule has 11 heteroatoms. The SMILES string of the molecule is C.C#C.C=Cc1c(OC)c(=O)c1=O.COc1c(Cl)c(=O)c1=O.O=c1c(Cl)c(Cl)c1=O. The van der Waals surface area contributed by atoms with Gasteiger partial charge in [0.2, 0.25) is 16.3 Å². The molecule has 3 aromatic rings. The number of rotatable bonds is 3. The second-order valence-electron chi connectivity index (χ2n) is 4.60. The standard InChI is InChI=1S/C7H6O3.C5H3ClO3.C4Cl2O2.C2H2.CH4/c1-3-4-5(8)6(9)7(4)10-2;1-9-5-2(6)3(7)4(5)8;5-1-2(6)4(8)3(1)7;1-2;/h3H,1H2,2H3;1H3;;1-2H;1H4. The molecule has 0 saturated heterocycles. The Morgan fingerprint density at radius 3 is 1.20 bits per heavy atom. The van der Waals surface area contributed by atoms with Crippen LogP contribution in [0.2, 0.25) is 15.1 Å². The lowest BCUT2D eigenvalue weighted by Crippen LogP contribution is -2.34. The van der Waals surface area contributed by atoms with Crippen molar-refractivity contribution in [1.82, 2.24) is 0 Å². The smallest absolute Gasteiger partial charge is 0.270 e. The third-order valence-corrected chi connectivity index (χ3v) is 4.28. The number of hydrogen-bond donors (Lipinski definition) is 0. The van der Waals surface area contributed by atoms with Crippen LogP contribution in [0.3, 0.4) is 0 Å². The lowest BCUT2D eigenvalue weighted by molar-refractivity contribution is 0.404. The van der Waals surface area contributed by atoms with E-state index in [9.17, 15) is 28.8 Å². The third kappa shape index (κ3) is 5.54. The van der Waals surface area contributed by atoms with Crippen LogP contribution in [0.15, 0.2) is 35.3 Å². The predicted octanol–water partition coefficient (Wildman–Crippen LogP) is 1.35. The molecule has 8 nitrogen and oxygen atoms in total. The molecule has 0 heterocycles. The maximum atomic E-state index is 10.6. The Bertz CT molecular complexity index is 1230. The van der Waals surface area contributed by atoms with E-state index in [4.69, 9.17) is 34.8 Å². The van der Waals surface area contributed by atoms with Crippen molar-refractivity contribution in [3.63, 3.8) is 0 Å². The summed E-state index contributed by atoms with van der Waals surface area (Å²) in [6, 6.07) is 0. The largest absolute Gasteiger partial charge is 0.492 e. The summed E-state index contributed by atoms with van der Waals surface area (Å²) < 4.78 is 9.07. The van der Waals surface area contributed by atoms with Gasteiger partial charge in [-0.05, 0) is 0 Å². The van der Waals surface area contributed by atoms with Crippen molar-refractivity contribution < 1.29 is 9.47 Å². The van der Waals surface area contributed by atoms with Gasteiger partial charge in [0.25, 0.3) is 16.3 Å². The first-order valence-electron chi connectivity index (χ1n) is 7.05. The van der Waals surface area contributed by atoms with Crippen molar-refractivity contribution in [3.05, 3.63) is 88.6 Å². The average Bonchev–Trinajstić information content (AvgIpc) is 2.77. The number of halogens is 3. The molecular formula is C19H15Cl3O8. The van der Waals surface area contributed by atoms with Gasteiger partial charge in [-0.1, -0.05) is 54.9 Å². The Kier molecular flexibility index (Phi) is 12.2. The van der Waals surface area contributed by atoms with Gasteiger partial charge in [0.15, 0.2) is 11.5 Å². The Balaban J connectivity index is 0. The number of hydrogen-bond acceptors (Lipinski definition) is 8. The average molecular weight is 478 g/mol. The fourth-order valence-electron chi connectivity index (χ4n) is 1.64. The Morgan fingerprint density at radius 2 is 1.00 bits per heavy atom. The van der Waals surface area contributed by atoms with E-state index in [1.165, 1.54) is 20.3 Å². The second-order valence-corrected chi connectivity index (χ2v) is 5.73. The number of terminal acetylenes is 1. The van der Waals surface area contributed by atoms with Crippen molar-refractivity contribution in [2.75, 3.05) is 14.2 Å². The molecule has 30 heavy (non-hydrogen) atoms. The van der Waals surface area contributed by atoms with Crippen molar-refractivity contribution in [2.45, 2.75) is 7.43 Å². The summed E-state index contributed by atoms with van der Waals surface area (Å²) in [5, 5.41) is -0.379. The van der Waals surface area contributed by atoms with Crippen LogP contribution in [0.5, 0.6) is 11.5 Å². The highest BCUT2D eigenvalue weighted by Gasteiger charge is 2.19. The van der Waals surface area contributed by atoms with Crippen LogP contribution in [-0.2, 0) is 0 Å². The summed E-state index contributed by atoms with van der Waals surface area (Å²) in [4.78, 5) is 62.2. The first kappa shape index (κ1) is 29.2. The topological polar surface area (TPSA) is 121 Å². The molecule has 0 spiro atoms. The van der Waals surface area contributed by atoms with E-state index in [0.717, 1.165) is 0 Å². The van der Waals surface area contributed by atoms with Crippen LogP contribution in [0, 0.1) is 12.8 Å². The maximum Gasteiger partial charge on any atom is 0.270 e. The lowest BCUT2D eigenvalue weighted by atomic mass is 10.1. The highest BCUT2D eigenvalue weighted by Crippen LogP contribution is 2.15. The van der Waals surface area contributed by atoms with Gasteiger partial charge >= 0.3 is 0 Å². The molecule has 0 aliphatic carbocycles. The van der Waals surface area contributed by atoms with Gasteiger partial charge in [-0.15, -0.1) is 12.8 Å². The Labute approximate surface area is 184 Å². The Hall–Kier alpha value is -2.99. The minimum absolute atomic E-state index is 0. The lowest BCUT2D eigenvalue weighted by Gasteiger charge is -2.03. The molecule has 0 aliphatic rings. The second kappa shape index (κ2) is 12.5. The molecule has 0 saturated carbocycles. The van der Waals surface area contributed by atoms with Gasteiger partial charge in [0.05, 0.1) is 19.8 Å². The Morgan fingerprint density at radius 1 is 0.667 bits per heavy atom. The number of ether oxygens (including phenoxy) is 2. The van der Waals surface area contributed by atoms with Gasteiger partial charge in [-0.3, -0.25) is 28.8 Å². The molecule has 0 amide bonds. The van der Waals surface area contributed by atoms with E-state index in [1.807, 2.05) is 0 Å². The summed E-state index contributed by atoms with van der Waals surface area (Å²) in [5.74, 6) is 0.0988. The summed E-state index contributed by atoms with van der Waals surface area (Å²) in [5.41, 5.74) is -3.44. The molecule has 0 radical (unpaired) electrons. The zero-order valence-corrected chi connectivity index (χ0v) is 17.1. The molecule has 0 atom stereocenters. The van der Waals surface area contributed by atoms with Crippen LogP contribution in [0.25, 0.3) is 6.08 Å². The van der Waals surface area contributed by atoms with E-state index >= 15 is 0 Å². The van der Waals surface area contributed by atoms with Crippen LogP contribution in [-0.4, -0.2) is 14.2 Å². The first-order valence-corrected chi connectivity index (χ1v) is 8.18. The minimum atomic E-state index is -0.684. The van der Waals surface area contributed by atoms with E-state index in [0.29, 0.717) is 0 Å². The summed E-state index contributed by atoms with van der Waals surface area (Å²) in [7, 11) is 2.64. The molecule has 3 rings (SSSR count). The molecule has 0 fully saturated rings. The van der Waals surface area contributed by atoms with Crippen molar-refractivity contribution >= 4 is 40.9 Å². The molecule has 0 unspecified atom stereocenters. The van der Waals surface area contributed by atoms with E-state index in [2.05, 4.69) is 28.9 Å². The van der Waals surface area contributed by atoms with Crippen molar-refractivity contribution in [3.8, 4) is 24.3 Å².